The maximum Gasteiger partial charge on any atom is 0.141 e. The van der Waals surface area contributed by atoms with E-state index in [2.05, 4.69) is 4.98 Å². The highest BCUT2D eigenvalue weighted by atomic mass is 19.1. The molecule has 0 N–H and O–H groups in total. The van der Waals surface area contributed by atoms with Crippen molar-refractivity contribution >= 4 is 5.78 Å². The third-order valence-electron chi connectivity index (χ3n) is 2.61. The number of benzene rings is 1. The zero-order chi connectivity index (χ0) is 12.3. The van der Waals surface area contributed by atoms with E-state index in [4.69, 9.17) is 0 Å². The summed E-state index contributed by atoms with van der Waals surface area (Å²) in [7, 11) is 0. The Morgan fingerprint density at radius 1 is 1.24 bits per heavy atom. The molecule has 1 atom stereocenters. The van der Waals surface area contributed by atoms with E-state index in [1.807, 2.05) is 6.07 Å². The highest BCUT2D eigenvalue weighted by Crippen LogP contribution is 2.25. The molecule has 0 saturated carbocycles. The van der Waals surface area contributed by atoms with Crippen LogP contribution in [0.3, 0.4) is 0 Å². The van der Waals surface area contributed by atoms with Gasteiger partial charge in [-0.15, -0.1) is 0 Å². The molecule has 0 aliphatic rings. The van der Waals surface area contributed by atoms with E-state index in [0.717, 1.165) is 5.56 Å². The molecule has 1 unspecified atom stereocenters. The molecule has 0 saturated heterocycles. The Balaban J connectivity index is 2.47. The molecule has 0 spiro atoms. The first kappa shape index (κ1) is 11.5. The van der Waals surface area contributed by atoms with Gasteiger partial charge in [-0.05, 0) is 36.2 Å². The molecule has 17 heavy (non-hydrogen) atoms. The molecule has 1 aromatic heterocycles. The van der Waals surface area contributed by atoms with Crippen LogP contribution in [0, 0.1) is 5.82 Å². The van der Waals surface area contributed by atoms with Crippen molar-refractivity contribution in [3.8, 4) is 0 Å². The van der Waals surface area contributed by atoms with Gasteiger partial charge in [0.05, 0.1) is 5.92 Å². The summed E-state index contributed by atoms with van der Waals surface area (Å²) in [6.45, 7) is 1.50. The Labute approximate surface area is 99.1 Å². The molecule has 3 heteroatoms. The van der Waals surface area contributed by atoms with E-state index >= 15 is 0 Å². The van der Waals surface area contributed by atoms with Gasteiger partial charge in [-0.1, -0.05) is 18.2 Å². The number of Topliss-reactive ketones (excluding diaryl/α,β-unsaturated/α-hetero) is 1. The van der Waals surface area contributed by atoms with Gasteiger partial charge in [0.2, 0.25) is 0 Å². The van der Waals surface area contributed by atoms with E-state index in [9.17, 15) is 9.18 Å². The summed E-state index contributed by atoms with van der Waals surface area (Å²) in [6.07, 6.45) is 3.28. The van der Waals surface area contributed by atoms with Crippen molar-refractivity contribution in [2.24, 2.45) is 0 Å². The third-order valence-corrected chi connectivity index (χ3v) is 2.61. The van der Waals surface area contributed by atoms with Crippen LogP contribution in [0.5, 0.6) is 0 Å². The van der Waals surface area contributed by atoms with Crippen LogP contribution in [-0.2, 0) is 4.79 Å². The van der Waals surface area contributed by atoms with Gasteiger partial charge < -0.3 is 0 Å². The second kappa shape index (κ2) is 4.87. The van der Waals surface area contributed by atoms with E-state index < -0.39 is 5.92 Å². The second-order valence-corrected chi connectivity index (χ2v) is 3.89. The average Bonchev–Trinajstić information content (AvgIpc) is 2.30. The topological polar surface area (TPSA) is 30.0 Å². The van der Waals surface area contributed by atoms with Crippen LogP contribution < -0.4 is 0 Å². The predicted molar refractivity (Wildman–Crippen MR) is 63.2 cm³/mol. The summed E-state index contributed by atoms with van der Waals surface area (Å²) >= 11 is 0. The zero-order valence-electron chi connectivity index (χ0n) is 9.43. The minimum absolute atomic E-state index is 0.0244. The number of hydrogen-bond acceptors (Lipinski definition) is 2. The number of hydrogen-bond donors (Lipinski definition) is 0. The molecule has 0 bridgehead atoms. The first-order valence-corrected chi connectivity index (χ1v) is 5.34. The first-order valence-electron chi connectivity index (χ1n) is 5.34. The van der Waals surface area contributed by atoms with E-state index in [1.54, 1.807) is 30.6 Å². The van der Waals surface area contributed by atoms with Gasteiger partial charge in [0, 0.05) is 12.4 Å². The molecular formula is C14H12FNO. The summed E-state index contributed by atoms with van der Waals surface area (Å²) in [6, 6.07) is 9.71. The van der Waals surface area contributed by atoms with Gasteiger partial charge in [0.1, 0.15) is 11.6 Å². The number of pyridine rings is 1. The van der Waals surface area contributed by atoms with Crippen molar-refractivity contribution in [2.75, 3.05) is 0 Å². The van der Waals surface area contributed by atoms with E-state index in [0.29, 0.717) is 5.56 Å². The average molecular weight is 229 g/mol. The van der Waals surface area contributed by atoms with Gasteiger partial charge in [0.25, 0.3) is 0 Å². The van der Waals surface area contributed by atoms with Gasteiger partial charge in [-0.2, -0.15) is 0 Å². The molecule has 0 aliphatic heterocycles. The van der Waals surface area contributed by atoms with Crippen LogP contribution >= 0.6 is 0 Å². The maximum atomic E-state index is 13.2. The molecule has 2 rings (SSSR count). The molecule has 1 aromatic carbocycles. The van der Waals surface area contributed by atoms with Crippen LogP contribution in [0.25, 0.3) is 0 Å². The molecule has 0 amide bonds. The third kappa shape index (κ3) is 2.56. The molecule has 86 valence electrons. The Hall–Kier alpha value is -2.03. The van der Waals surface area contributed by atoms with Crippen molar-refractivity contribution in [1.29, 1.82) is 0 Å². The molecule has 2 nitrogen and oxygen atoms in total. The number of carbonyl (C=O) groups excluding carboxylic acids is 1. The fourth-order valence-electron chi connectivity index (χ4n) is 1.89. The fraction of sp³-hybridized carbons (Fsp3) is 0.143. The maximum absolute atomic E-state index is 13.2. The molecule has 1 heterocycles. The number of halogens is 1. The largest absolute Gasteiger partial charge is 0.299 e. The number of rotatable bonds is 3. The smallest absolute Gasteiger partial charge is 0.141 e. The summed E-state index contributed by atoms with van der Waals surface area (Å²) in [5.74, 6) is -0.805. The van der Waals surface area contributed by atoms with E-state index in [1.165, 1.54) is 19.1 Å². The molecular weight excluding hydrogens is 217 g/mol. The lowest BCUT2D eigenvalue weighted by molar-refractivity contribution is -0.117. The number of aromatic nitrogens is 1. The van der Waals surface area contributed by atoms with Crippen LogP contribution in [0.4, 0.5) is 4.39 Å². The SMILES string of the molecule is CC(=O)C(c1cccnc1)c1cccc(F)c1. The Morgan fingerprint density at radius 2 is 2.00 bits per heavy atom. The highest BCUT2D eigenvalue weighted by Gasteiger charge is 2.19. The molecule has 0 radical (unpaired) electrons. The Morgan fingerprint density at radius 3 is 2.59 bits per heavy atom. The minimum Gasteiger partial charge on any atom is -0.299 e. The summed E-state index contributed by atoms with van der Waals surface area (Å²) in [5.41, 5.74) is 1.44. The minimum atomic E-state index is -0.445. The molecule has 2 aromatic rings. The van der Waals surface area contributed by atoms with Crippen LogP contribution in [-0.4, -0.2) is 10.8 Å². The van der Waals surface area contributed by atoms with Crippen molar-refractivity contribution in [3.63, 3.8) is 0 Å². The quantitative estimate of drug-likeness (QED) is 0.810. The van der Waals surface area contributed by atoms with Gasteiger partial charge in [-0.3, -0.25) is 9.78 Å². The lowest BCUT2D eigenvalue weighted by Crippen LogP contribution is -2.11. The van der Waals surface area contributed by atoms with E-state index in [-0.39, 0.29) is 11.6 Å². The standard InChI is InChI=1S/C14H12FNO/c1-10(17)14(12-5-3-7-16-9-12)11-4-2-6-13(15)8-11/h2-9,14H,1H3. The molecule has 0 aliphatic carbocycles. The van der Waals surface area contributed by atoms with Gasteiger partial charge in [0.15, 0.2) is 0 Å². The summed E-state index contributed by atoms with van der Waals surface area (Å²) in [5, 5.41) is 0. The summed E-state index contributed by atoms with van der Waals surface area (Å²) in [4.78, 5) is 15.7. The fourth-order valence-corrected chi connectivity index (χ4v) is 1.89. The highest BCUT2D eigenvalue weighted by molar-refractivity contribution is 5.86. The lowest BCUT2D eigenvalue weighted by Gasteiger charge is -2.14. The van der Waals surface area contributed by atoms with Gasteiger partial charge in [-0.25, -0.2) is 4.39 Å². The van der Waals surface area contributed by atoms with Gasteiger partial charge >= 0.3 is 0 Å². The number of ketones is 1. The van der Waals surface area contributed by atoms with Crippen molar-refractivity contribution < 1.29 is 9.18 Å². The van der Waals surface area contributed by atoms with Crippen LogP contribution in [0.2, 0.25) is 0 Å². The van der Waals surface area contributed by atoms with Crippen LogP contribution in [0.1, 0.15) is 24.0 Å². The normalized spacial score (nSPS) is 12.1. The number of carbonyl (C=O) groups is 1. The number of nitrogens with zero attached hydrogens (tertiary/aromatic N) is 1. The zero-order valence-corrected chi connectivity index (χ0v) is 9.43. The van der Waals surface area contributed by atoms with Crippen LogP contribution in [0.15, 0.2) is 48.8 Å². The molecule has 0 fully saturated rings. The summed E-state index contributed by atoms with van der Waals surface area (Å²) < 4.78 is 13.2. The van der Waals surface area contributed by atoms with Crippen molar-refractivity contribution in [1.82, 2.24) is 4.98 Å². The first-order chi connectivity index (χ1) is 8.18. The van der Waals surface area contributed by atoms with Crippen molar-refractivity contribution in [2.45, 2.75) is 12.8 Å². The monoisotopic (exact) mass is 229 g/mol. The second-order valence-electron chi connectivity index (χ2n) is 3.89. The Bertz CT molecular complexity index is 525. The lowest BCUT2D eigenvalue weighted by atomic mass is 9.89. The predicted octanol–water partition coefficient (Wildman–Crippen LogP) is 2.94. The van der Waals surface area contributed by atoms with Crippen molar-refractivity contribution in [3.05, 3.63) is 65.7 Å². The Kier molecular flexibility index (Phi) is 3.28.